The molecule has 1 aromatic carbocycles. The van der Waals surface area contributed by atoms with Gasteiger partial charge in [-0.1, -0.05) is 38.0 Å². The highest BCUT2D eigenvalue weighted by Crippen LogP contribution is 2.18. The molecule has 10 heteroatoms. The number of carboxylic acids is 2. The molecule has 0 saturated carbocycles. The van der Waals surface area contributed by atoms with Crippen molar-refractivity contribution in [2.45, 2.75) is 57.5 Å². The molecule has 8 N–H and O–H groups in total. The van der Waals surface area contributed by atoms with Gasteiger partial charge in [0.1, 0.15) is 18.4 Å². The number of hydrogen-bond acceptors (Lipinski definition) is 6. The third-order valence-electron chi connectivity index (χ3n) is 4.67. The van der Waals surface area contributed by atoms with Crippen molar-refractivity contribution in [1.82, 2.24) is 15.0 Å². The molecule has 2 aromatic heterocycles. The average molecular weight is 460 g/mol. The first-order valence-electron chi connectivity index (χ1n) is 10.7. The predicted octanol–water partition coefficient (Wildman–Crippen LogP) is 2.25. The summed E-state index contributed by atoms with van der Waals surface area (Å²) in [6, 6.07) is 6.06. The van der Waals surface area contributed by atoms with Gasteiger partial charge >= 0.3 is 11.9 Å². The minimum Gasteiger partial charge on any atom is -0.480 e. The van der Waals surface area contributed by atoms with E-state index in [2.05, 4.69) is 21.9 Å². The van der Waals surface area contributed by atoms with E-state index in [0.29, 0.717) is 6.42 Å². The number of aromatic nitrogens is 3. The number of carboxylic acid groups (broad SMARTS) is 2. The van der Waals surface area contributed by atoms with Crippen molar-refractivity contribution in [2.24, 2.45) is 11.5 Å². The minimum absolute atomic E-state index is 0.287. The van der Waals surface area contributed by atoms with Crippen molar-refractivity contribution in [3.63, 3.8) is 0 Å². The average Bonchev–Trinajstić information content (AvgIpc) is 3.45. The SMILES string of the molecule is CCCCCC=O.N[C@@H](Cc1c[nH]c2ccccc12)C(=O)O.N[C@@H](Cc1cnc[nH]1)C(=O)O. The maximum absolute atomic E-state index is 10.6. The Labute approximate surface area is 192 Å². The van der Waals surface area contributed by atoms with E-state index in [0.717, 1.165) is 41.3 Å². The van der Waals surface area contributed by atoms with Gasteiger partial charge in [0, 0.05) is 48.3 Å². The summed E-state index contributed by atoms with van der Waals surface area (Å²) in [5.41, 5.74) is 13.4. The van der Waals surface area contributed by atoms with Crippen molar-refractivity contribution < 1.29 is 24.6 Å². The molecule has 0 spiro atoms. The third kappa shape index (κ3) is 10.6. The van der Waals surface area contributed by atoms with Crippen molar-refractivity contribution >= 4 is 29.1 Å². The zero-order valence-corrected chi connectivity index (χ0v) is 18.7. The predicted molar refractivity (Wildman–Crippen MR) is 126 cm³/mol. The lowest BCUT2D eigenvalue weighted by Gasteiger charge is -2.04. The van der Waals surface area contributed by atoms with Crippen LogP contribution in [0, 0.1) is 0 Å². The number of H-pyrrole nitrogens is 2. The van der Waals surface area contributed by atoms with Gasteiger partial charge < -0.3 is 36.4 Å². The monoisotopic (exact) mass is 459 g/mol. The minimum atomic E-state index is -1.00. The van der Waals surface area contributed by atoms with Gasteiger partial charge in [0.2, 0.25) is 0 Å². The van der Waals surface area contributed by atoms with E-state index in [1.165, 1.54) is 19.2 Å². The largest absolute Gasteiger partial charge is 0.480 e. The van der Waals surface area contributed by atoms with Crippen molar-refractivity contribution in [3.8, 4) is 0 Å². The summed E-state index contributed by atoms with van der Waals surface area (Å²) >= 11 is 0. The lowest BCUT2D eigenvalue weighted by Crippen LogP contribution is -2.32. The topological polar surface area (TPSA) is 188 Å². The highest BCUT2D eigenvalue weighted by atomic mass is 16.4. The molecule has 0 aliphatic heterocycles. The molecule has 2 heterocycles. The van der Waals surface area contributed by atoms with E-state index >= 15 is 0 Å². The number of carbonyl (C=O) groups is 3. The normalized spacial score (nSPS) is 12.0. The van der Waals surface area contributed by atoms with Crippen LogP contribution in [0.4, 0.5) is 0 Å². The summed E-state index contributed by atoms with van der Waals surface area (Å²) in [6.45, 7) is 2.13. The number of aldehydes is 1. The molecule has 0 fully saturated rings. The second-order valence-corrected chi connectivity index (χ2v) is 7.40. The number of hydrogen-bond donors (Lipinski definition) is 6. The van der Waals surface area contributed by atoms with E-state index in [4.69, 9.17) is 21.7 Å². The number of carbonyl (C=O) groups excluding carboxylic acids is 1. The summed E-state index contributed by atoms with van der Waals surface area (Å²) in [7, 11) is 0. The highest BCUT2D eigenvalue weighted by molar-refractivity contribution is 5.84. The fourth-order valence-electron chi connectivity index (χ4n) is 2.82. The van der Waals surface area contributed by atoms with Crippen LogP contribution in [0.3, 0.4) is 0 Å². The second-order valence-electron chi connectivity index (χ2n) is 7.40. The molecule has 0 unspecified atom stereocenters. The van der Waals surface area contributed by atoms with Crippen molar-refractivity contribution in [2.75, 3.05) is 0 Å². The molecule has 3 aromatic rings. The van der Waals surface area contributed by atoms with E-state index in [-0.39, 0.29) is 6.42 Å². The maximum atomic E-state index is 10.6. The Morgan fingerprint density at radius 3 is 2.30 bits per heavy atom. The zero-order valence-electron chi connectivity index (χ0n) is 18.7. The molecule has 33 heavy (non-hydrogen) atoms. The van der Waals surface area contributed by atoms with Gasteiger partial charge in [0.25, 0.3) is 0 Å². The number of benzene rings is 1. The fraction of sp³-hybridized carbons (Fsp3) is 0.391. The van der Waals surface area contributed by atoms with Crippen LogP contribution in [0.5, 0.6) is 0 Å². The van der Waals surface area contributed by atoms with Crippen LogP contribution in [0.15, 0.2) is 43.0 Å². The summed E-state index contributed by atoms with van der Waals surface area (Å²) in [6.07, 6.45) is 10.7. The fourth-order valence-corrected chi connectivity index (χ4v) is 2.82. The van der Waals surface area contributed by atoms with E-state index in [1.807, 2.05) is 30.5 Å². The number of rotatable bonds is 10. The summed E-state index contributed by atoms with van der Waals surface area (Å²) in [5, 5.41) is 18.2. The smallest absolute Gasteiger partial charge is 0.320 e. The van der Waals surface area contributed by atoms with Crippen LogP contribution >= 0.6 is 0 Å². The van der Waals surface area contributed by atoms with Crippen molar-refractivity contribution in [1.29, 1.82) is 0 Å². The third-order valence-corrected chi connectivity index (χ3v) is 4.67. The van der Waals surface area contributed by atoms with Gasteiger partial charge in [-0.15, -0.1) is 0 Å². The molecule has 0 aliphatic carbocycles. The van der Waals surface area contributed by atoms with Gasteiger partial charge in [-0.25, -0.2) is 4.98 Å². The lowest BCUT2D eigenvalue weighted by molar-refractivity contribution is -0.139. The van der Waals surface area contributed by atoms with E-state index in [1.54, 1.807) is 6.20 Å². The van der Waals surface area contributed by atoms with Crippen LogP contribution in [0.25, 0.3) is 10.9 Å². The van der Waals surface area contributed by atoms with Crippen LogP contribution in [-0.4, -0.2) is 55.5 Å². The van der Waals surface area contributed by atoms with Gasteiger partial charge in [-0.2, -0.15) is 0 Å². The Morgan fingerprint density at radius 2 is 1.73 bits per heavy atom. The van der Waals surface area contributed by atoms with Crippen LogP contribution in [0.2, 0.25) is 0 Å². The first-order chi connectivity index (χ1) is 15.8. The van der Waals surface area contributed by atoms with Crippen LogP contribution < -0.4 is 11.5 Å². The molecular weight excluding hydrogens is 426 g/mol. The molecule has 3 rings (SSSR count). The number of unbranched alkanes of at least 4 members (excludes halogenated alkanes) is 3. The molecular formula is C23H33N5O5. The van der Waals surface area contributed by atoms with Gasteiger partial charge in [-0.05, 0) is 18.1 Å². The van der Waals surface area contributed by atoms with Crippen LogP contribution in [-0.2, 0) is 27.2 Å². The highest BCUT2D eigenvalue weighted by Gasteiger charge is 2.14. The first kappa shape index (κ1) is 27.5. The Kier molecular flexibility index (Phi) is 12.8. The second kappa shape index (κ2) is 15.3. The number of nitrogens with one attached hydrogen (secondary N) is 2. The number of nitrogens with two attached hydrogens (primary N) is 2. The number of aliphatic carboxylic acids is 2. The van der Waals surface area contributed by atoms with Crippen LogP contribution in [0.1, 0.15) is 43.9 Å². The lowest BCUT2D eigenvalue weighted by atomic mass is 10.1. The maximum Gasteiger partial charge on any atom is 0.320 e. The Balaban J connectivity index is 0.000000267. The Morgan fingerprint density at radius 1 is 1.06 bits per heavy atom. The number of aromatic amines is 2. The zero-order chi connectivity index (χ0) is 24.6. The van der Waals surface area contributed by atoms with Gasteiger partial charge in [0.05, 0.1) is 6.33 Å². The molecule has 0 bridgehead atoms. The molecule has 0 amide bonds. The number of nitrogens with zero attached hydrogens (tertiary/aromatic N) is 1. The molecule has 0 saturated heterocycles. The number of fused-ring (bicyclic) bond motifs is 1. The number of imidazole rings is 1. The molecule has 0 radical (unpaired) electrons. The molecule has 10 nitrogen and oxygen atoms in total. The standard InChI is InChI=1S/C11H12N2O2.C6H9N3O2.C6H12O/c12-9(11(14)15)5-7-6-13-10-4-2-1-3-8(7)10;7-5(6(10)11)1-4-2-8-3-9-4;1-2-3-4-5-6-7/h1-4,6,9,13H,5,12H2,(H,14,15);2-3,5H,1,7H2,(H,8,9)(H,10,11);6H,2-5H2,1H3/t9-;5-;/m00./s1. The summed E-state index contributed by atoms with van der Waals surface area (Å²) in [5.74, 6) is -1.97. The molecule has 0 aliphatic rings. The number of para-hydroxylation sites is 1. The Hall–Kier alpha value is -3.50. The molecule has 180 valence electrons. The van der Waals surface area contributed by atoms with Gasteiger partial charge in [-0.3, -0.25) is 9.59 Å². The van der Waals surface area contributed by atoms with Gasteiger partial charge in [0.15, 0.2) is 0 Å². The van der Waals surface area contributed by atoms with Crippen molar-refractivity contribution in [3.05, 3.63) is 54.2 Å². The molecule has 2 atom stereocenters. The summed E-state index contributed by atoms with van der Waals surface area (Å²) in [4.78, 5) is 40.2. The van der Waals surface area contributed by atoms with E-state index < -0.39 is 24.0 Å². The Bertz CT molecular complexity index is 971. The first-order valence-corrected chi connectivity index (χ1v) is 10.7. The van der Waals surface area contributed by atoms with E-state index in [9.17, 15) is 14.4 Å². The summed E-state index contributed by atoms with van der Waals surface area (Å²) < 4.78 is 0. The quantitative estimate of drug-likeness (QED) is 0.196.